The highest BCUT2D eigenvalue weighted by Gasteiger charge is 2.39. The molecular weight excluding hydrogens is 400 g/mol. The maximum atomic E-state index is 12.9. The number of benzene rings is 2. The third-order valence-corrected chi connectivity index (χ3v) is 5.41. The Bertz CT molecular complexity index is 1220. The summed E-state index contributed by atoms with van der Waals surface area (Å²) in [4.78, 5) is 25.3. The van der Waals surface area contributed by atoms with Crippen molar-refractivity contribution in [3.8, 4) is 23.0 Å². The van der Waals surface area contributed by atoms with Crippen LogP contribution in [0, 0.1) is 0 Å². The average molecular weight is 418 g/mol. The molecule has 1 atom stereocenters. The van der Waals surface area contributed by atoms with Gasteiger partial charge in [-0.25, -0.2) is 0 Å². The first-order valence-electron chi connectivity index (χ1n) is 9.66. The first-order chi connectivity index (χ1) is 15.1. The SMILES string of the molecule is COc1ccc([C@H]2CC(=O)Oc3ccc4c(c32)O/C(=C\c2ccco2)C4=O)c(OC)c1. The molecule has 2 aliphatic heterocycles. The number of carbonyl (C=O) groups is 2. The monoisotopic (exact) mass is 418 g/mol. The molecule has 0 aliphatic carbocycles. The van der Waals surface area contributed by atoms with Crippen molar-refractivity contribution in [2.24, 2.45) is 0 Å². The maximum absolute atomic E-state index is 12.9. The molecule has 3 aromatic rings. The van der Waals surface area contributed by atoms with Gasteiger partial charge < -0.3 is 23.4 Å². The zero-order valence-corrected chi connectivity index (χ0v) is 16.8. The van der Waals surface area contributed by atoms with E-state index in [1.54, 1.807) is 56.7 Å². The second kappa shape index (κ2) is 7.36. The van der Waals surface area contributed by atoms with Crippen molar-refractivity contribution in [1.29, 1.82) is 0 Å². The van der Waals surface area contributed by atoms with Crippen LogP contribution in [0.4, 0.5) is 0 Å². The minimum Gasteiger partial charge on any atom is -0.497 e. The maximum Gasteiger partial charge on any atom is 0.312 e. The lowest BCUT2D eigenvalue weighted by Crippen LogP contribution is -2.22. The number of Topliss-reactive ketones (excluding diaryl/α,β-unsaturated/α-hetero) is 1. The number of hydrogen-bond acceptors (Lipinski definition) is 7. The number of fused-ring (bicyclic) bond motifs is 3. The molecule has 0 fully saturated rings. The molecule has 7 heteroatoms. The lowest BCUT2D eigenvalue weighted by molar-refractivity contribution is -0.135. The minimum atomic E-state index is -0.414. The highest BCUT2D eigenvalue weighted by molar-refractivity contribution is 6.15. The highest BCUT2D eigenvalue weighted by Crippen LogP contribution is 2.50. The van der Waals surface area contributed by atoms with Gasteiger partial charge in [-0.15, -0.1) is 0 Å². The Morgan fingerprint density at radius 3 is 2.65 bits per heavy atom. The first kappa shape index (κ1) is 19.0. The molecule has 7 nitrogen and oxygen atoms in total. The highest BCUT2D eigenvalue weighted by atomic mass is 16.5. The Morgan fingerprint density at radius 2 is 1.90 bits per heavy atom. The Morgan fingerprint density at radius 1 is 1.03 bits per heavy atom. The van der Waals surface area contributed by atoms with Gasteiger partial charge in [0, 0.05) is 29.2 Å². The third kappa shape index (κ3) is 3.15. The second-order valence-electron chi connectivity index (χ2n) is 7.15. The zero-order valence-electron chi connectivity index (χ0n) is 16.8. The average Bonchev–Trinajstić information content (AvgIpc) is 3.41. The molecule has 0 spiro atoms. The van der Waals surface area contributed by atoms with Gasteiger partial charge in [-0.05, 0) is 30.3 Å². The van der Waals surface area contributed by atoms with Gasteiger partial charge in [-0.1, -0.05) is 6.07 Å². The summed E-state index contributed by atoms with van der Waals surface area (Å²) in [6, 6.07) is 12.1. The van der Waals surface area contributed by atoms with E-state index in [9.17, 15) is 9.59 Å². The van der Waals surface area contributed by atoms with Crippen molar-refractivity contribution in [3.05, 3.63) is 76.9 Å². The molecule has 2 aromatic carbocycles. The van der Waals surface area contributed by atoms with Gasteiger partial charge in [0.1, 0.15) is 28.8 Å². The van der Waals surface area contributed by atoms with E-state index >= 15 is 0 Å². The van der Waals surface area contributed by atoms with Gasteiger partial charge in [-0.3, -0.25) is 9.59 Å². The van der Waals surface area contributed by atoms with Crippen LogP contribution in [0.3, 0.4) is 0 Å². The van der Waals surface area contributed by atoms with E-state index in [2.05, 4.69) is 0 Å². The molecule has 3 heterocycles. The summed E-state index contributed by atoms with van der Waals surface area (Å²) >= 11 is 0. The summed E-state index contributed by atoms with van der Waals surface area (Å²) in [5.41, 5.74) is 1.82. The predicted octanol–water partition coefficient (Wildman–Crippen LogP) is 4.35. The Labute approximate surface area is 177 Å². The minimum absolute atomic E-state index is 0.0843. The molecule has 0 radical (unpaired) electrons. The third-order valence-electron chi connectivity index (χ3n) is 5.41. The Balaban J connectivity index is 1.65. The van der Waals surface area contributed by atoms with Crippen molar-refractivity contribution in [1.82, 2.24) is 0 Å². The molecule has 0 amide bonds. The van der Waals surface area contributed by atoms with E-state index in [0.29, 0.717) is 39.9 Å². The fraction of sp³-hybridized carbons (Fsp3) is 0.167. The predicted molar refractivity (Wildman–Crippen MR) is 110 cm³/mol. The number of methoxy groups -OCH3 is 2. The number of allylic oxidation sites excluding steroid dienone is 1. The number of furan rings is 1. The van der Waals surface area contributed by atoms with Crippen LogP contribution < -0.4 is 18.9 Å². The first-order valence-corrected chi connectivity index (χ1v) is 9.66. The molecule has 156 valence electrons. The number of hydrogen-bond donors (Lipinski definition) is 0. The Kier molecular flexibility index (Phi) is 4.51. The molecule has 0 unspecified atom stereocenters. The fourth-order valence-electron chi connectivity index (χ4n) is 3.98. The van der Waals surface area contributed by atoms with Crippen LogP contribution in [0.5, 0.6) is 23.0 Å². The molecule has 0 bridgehead atoms. The Hall–Kier alpha value is -4.00. The molecular formula is C24H18O7. The van der Waals surface area contributed by atoms with Crippen LogP contribution >= 0.6 is 0 Å². The standard InChI is InChI=1S/C24H18O7/c1-27-13-5-6-15(19(10-13)28-2)17-12-21(25)30-18-8-7-16-23(26)20(31-24(16)22(17)18)11-14-4-3-9-29-14/h3-11,17H,12H2,1-2H3/b20-11-/t17-/m1/s1. The van der Waals surface area contributed by atoms with Crippen LogP contribution in [-0.4, -0.2) is 26.0 Å². The van der Waals surface area contributed by atoms with E-state index < -0.39 is 5.92 Å². The van der Waals surface area contributed by atoms with Crippen LogP contribution in [0.1, 0.15) is 39.6 Å². The number of ether oxygens (including phenoxy) is 4. The van der Waals surface area contributed by atoms with Crippen molar-refractivity contribution < 1.29 is 33.0 Å². The normalized spacial score (nSPS) is 18.3. The molecule has 31 heavy (non-hydrogen) atoms. The van der Waals surface area contributed by atoms with Crippen LogP contribution in [0.15, 0.2) is 58.9 Å². The zero-order chi connectivity index (χ0) is 21.5. The summed E-state index contributed by atoms with van der Waals surface area (Å²) in [7, 11) is 3.13. The van der Waals surface area contributed by atoms with Crippen LogP contribution in [0.2, 0.25) is 0 Å². The lowest BCUT2D eigenvalue weighted by Gasteiger charge is -2.27. The van der Waals surface area contributed by atoms with Gasteiger partial charge in [0.2, 0.25) is 5.78 Å². The van der Waals surface area contributed by atoms with Gasteiger partial charge in [0.15, 0.2) is 5.76 Å². The number of esters is 1. The quantitative estimate of drug-likeness (QED) is 0.354. The van der Waals surface area contributed by atoms with Crippen molar-refractivity contribution in [3.63, 3.8) is 0 Å². The van der Waals surface area contributed by atoms with Gasteiger partial charge in [-0.2, -0.15) is 0 Å². The van der Waals surface area contributed by atoms with E-state index in [4.69, 9.17) is 23.4 Å². The molecule has 0 saturated carbocycles. The van der Waals surface area contributed by atoms with Gasteiger partial charge >= 0.3 is 5.97 Å². The number of rotatable bonds is 4. The summed E-state index contributed by atoms with van der Waals surface area (Å²) in [6.07, 6.45) is 3.15. The van der Waals surface area contributed by atoms with Crippen molar-refractivity contribution >= 4 is 17.8 Å². The molecule has 1 aromatic heterocycles. The van der Waals surface area contributed by atoms with Gasteiger partial charge in [0.25, 0.3) is 0 Å². The topological polar surface area (TPSA) is 84.2 Å². The summed E-state index contributed by atoms with van der Waals surface area (Å²) in [6.45, 7) is 0. The van der Waals surface area contributed by atoms with E-state index in [-0.39, 0.29) is 23.9 Å². The largest absolute Gasteiger partial charge is 0.497 e. The molecule has 2 aliphatic rings. The van der Waals surface area contributed by atoms with E-state index in [1.165, 1.54) is 6.26 Å². The molecule has 0 saturated heterocycles. The lowest BCUT2D eigenvalue weighted by atomic mass is 9.84. The summed E-state index contributed by atoms with van der Waals surface area (Å²) < 4.78 is 27.6. The van der Waals surface area contributed by atoms with E-state index in [1.807, 2.05) is 6.07 Å². The smallest absolute Gasteiger partial charge is 0.312 e. The molecule has 0 N–H and O–H groups in total. The second-order valence-corrected chi connectivity index (χ2v) is 7.15. The molecule has 5 rings (SSSR count). The number of carbonyl (C=O) groups excluding carboxylic acids is 2. The van der Waals surface area contributed by atoms with Crippen LogP contribution in [0.25, 0.3) is 6.08 Å². The summed E-state index contributed by atoms with van der Waals surface area (Å²) in [5.74, 6) is 1.56. The number of ketones is 1. The van der Waals surface area contributed by atoms with Gasteiger partial charge in [0.05, 0.1) is 32.5 Å². The summed E-state index contributed by atoms with van der Waals surface area (Å²) in [5, 5.41) is 0. The van der Waals surface area contributed by atoms with Crippen LogP contribution in [-0.2, 0) is 4.79 Å². The van der Waals surface area contributed by atoms with E-state index in [0.717, 1.165) is 5.56 Å². The fourth-order valence-corrected chi connectivity index (χ4v) is 3.98. The van der Waals surface area contributed by atoms with Crippen molar-refractivity contribution in [2.75, 3.05) is 14.2 Å². The van der Waals surface area contributed by atoms with Crippen molar-refractivity contribution in [2.45, 2.75) is 12.3 Å².